The van der Waals surface area contributed by atoms with E-state index in [2.05, 4.69) is 10.5 Å². The summed E-state index contributed by atoms with van der Waals surface area (Å²) < 4.78 is 39.4. The topological polar surface area (TPSA) is 97.3 Å². The fraction of sp³-hybridized carbons (Fsp3) is 0.133. The highest BCUT2D eigenvalue weighted by Crippen LogP contribution is 2.34. The SMILES string of the molecule is COc1ccc(Cl)cc1N(CC(=O)N/N=C/c1ccc(OCc2ccc(Cl)cc2)cc1)S(=O)(=O)c1ccc(C)cc1. The van der Waals surface area contributed by atoms with Crippen molar-refractivity contribution in [3.8, 4) is 11.5 Å². The van der Waals surface area contributed by atoms with Crippen molar-refractivity contribution >= 4 is 51.0 Å². The van der Waals surface area contributed by atoms with Crippen LogP contribution in [-0.2, 0) is 21.4 Å². The van der Waals surface area contributed by atoms with E-state index in [0.29, 0.717) is 22.9 Å². The molecule has 0 unspecified atom stereocenters. The van der Waals surface area contributed by atoms with Crippen LogP contribution in [0.1, 0.15) is 16.7 Å². The van der Waals surface area contributed by atoms with E-state index in [4.69, 9.17) is 32.7 Å². The lowest BCUT2D eigenvalue weighted by molar-refractivity contribution is -0.119. The average molecular weight is 613 g/mol. The molecule has 4 aromatic carbocycles. The number of sulfonamides is 1. The van der Waals surface area contributed by atoms with Crippen molar-refractivity contribution in [2.24, 2.45) is 5.10 Å². The van der Waals surface area contributed by atoms with E-state index in [-0.39, 0.29) is 21.4 Å². The van der Waals surface area contributed by atoms with E-state index < -0.39 is 22.5 Å². The molecule has 8 nitrogen and oxygen atoms in total. The Bertz CT molecular complexity index is 1630. The van der Waals surface area contributed by atoms with Crippen LogP contribution in [0.5, 0.6) is 11.5 Å². The first-order valence-electron chi connectivity index (χ1n) is 12.4. The van der Waals surface area contributed by atoms with E-state index in [1.54, 1.807) is 54.6 Å². The van der Waals surface area contributed by atoms with Crippen molar-refractivity contribution in [2.45, 2.75) is 18.4 Å². The van der Waals surface area contributed by atoms with Crippen LogP contribution in [0, 0.1) is 6.92 Å². The summed E-state index contributed by atoms with van der Waals surface area (Å²) in [6, 6.07) is 25.3. The number of aryl methyl sites for hydroxylation is 1. The van der Waals surface area contributed by atoms with Gasteiger partial charge in [-0.2, -0.15) is 5.10 Å². The Morgan fingerprint density at radius 2 is 1.59 bits per heavy atom. The molecule has 0 saturated heterocycles. The predicted molar refractivity (Wildman–Crippen MR) is 162 cm³/mol. The first-order chi connectivity index (χ1) is 19.7. The smallest absolute Gasteiger partial charge is 0.264 e. The molecule has 212 valence electrons. The van der Waals surface area contributed by atoms with Crippen molar-refractivity contribution in [3.05, 3.63) is 118 Å². The third-order valence-electron chi connectivity index (χ3n) is 5.91. The van der Waals surface area contributed by atoms with E-state index in [1.165, 1.54) is 37.6 Å². The van der Waals surface area contributed by atoms with Gasteiger partial charge in [-0.1, -0.05) is 53.0 Å². The molecule has 0 bridgehead atoms. The fourth-order valence-electron chi connectivity index (χ4n) is 3.74. The third kappa shape index (κ3) is 8.00. The highest BCUT2D eigenvalue weighted by atomic mass is 35.5. The van der Waals surface area contributed by atoms with E-state index in [1.807, 2.05) is 19.1 Å². The lowest BCUT2D eigenvalue weighted by atomic mass is 10.2. The molecule has 0 heterocycles. The lowest BCUT2D eigenvalue weighted by Gasteiger charge is -2.25. The monoisotopic (exact) mass is 611 g/mol. The van der Waals surface area contributed by atoms with Crippen molar-refractivity contribution in [2.75, 3.05) is 18.0 Å². The maximum atomic E-state index is 13.6. The van der Waals surface area contributed by atoms with Crippen LogP contribution in [0.2, 0.25) is 10.0 Å². The van der Waals surface area contributed by atoms with Crippen LogP contribution in [0.25, 0.3) is 0 Å². The molecule has 0 aliphatic rings. The number of hydrogen-bond donors (Lipinski definition) is 1. The Labute approximate surface area is 249 Å². The molecule has 4 aromatic rings. The number of hydrazone groups is 1. The molecule has 1 amide bonds. The molecule has 0 spiro atoms. The largest absolute Gasteiger partial charge is 0.495 e. The number of methoxy groups -OCH3 is 1. The maximum Gasteiger partial charge on any atom is 0.264 e. The summed E-state index contributed by atoms with van der Waals surface area (Å²) in [5.74, 6) is 0.232. The van der Waals surface area contributed by atoms with E-state index in [9.17, 15) is 13.2 Å². The van der Waals surface area contributed by atoms with Gasteiger partial charge in [0, 0.05) is 10.0 Å². The molecule has 0 atom stereocenters. The third-order valence-corrected chi connectivity index (χ3v) is 8.17. The van der Waals surface area contributed by atoms with Crippen molar-refractivity contribution < 1.29 is 22.7 Å². The Hall–Kier alpha value is -4.05. The number of nitrogens with one attached hydrogen (secondary N) is 1. The van der Waals surface area contributed by atoms with Crippen LogP contribution < -0.4 is 19.2 Å². The highest BCUT2D eigenvalue weighted by molar-refractivity contribution is 7.92. The van der Waals surface area contributed by atoms with Gasteiger partial charge in [-0.25, -0.2) is 13.8 Å². The molecule has 0 aliphatic heterocycles. The normalized spacial score (nSPS) is 11.3. The molecule has 0 aromatic heterocycles. The fourth-order valence-corrected chi connectivity index (χ4v) is 5.45. The molecule has 0 aliphatic carbocycles. The van der Waals surface area contributed by atoms with Gasteiger partial charge in [-0.05, 0) is 84.8 Å². The molecular formula is C30H27Cl2N3O5S. The van der Waals surface area contributed by atoms with Gasteiger partial charge in [-0.15, -0.1) is 0 Å². The number of rotatable bonds is 11. The van der Waals surface area contributed by atoms with Gasteiger partial charge < -0.3 is 9.47 Å². The number of halogens is 2. The zero-order valence-electron chi connectivity index (χ0n) is 22.3. The number of amides is 1. The molecule has 0 radical (unpaired) electrons. The van der Waals surface area contributed by atoms with Crippen molar-refractivity contribution in [1.82, 2.24) is 5.43 Å². The molecule has 0 saturated carbocycles. The van der Waals surface area contributed by atoms with Gasteiger partial charge in [0.15, 0.2) is 0 Å². The van der Waals surface area contributed by atoms with Gasteiger partial charge in [0.25, 0.3) is 15.9 Å². The van der Waals surface area contributed by atoms with Gasteiger partial charge in [0.1, 0.15) is 24.7 Å². The zero-order chi connectivity index (χ0) is 29.4. The van der Waals surface area contributed by atoms with Crippen LogP contribution in [-0.4, -0.2) is 34.2 Å². The summed E-state index contributed by atoms with van der Waals surface area (Å²) in [6.45, 7) is 1.67. The summed E-state index contributed by atoms with van der Waals surface area (Å²) in [5, 5.41) is 4.93. The second kappa shape index (κ2) is 13.5. The van der Waals surface area contributed by atoms with E-state index in [0.717, 1.165) is 15.4 Å². The molecule has 4 rings (SSSR count). The van der Waals surface area contributed by atoms with Crippen molar-refractivity contribution in [3.63, 3.8) is 0 Å². The standard InChI is InChI=1S/C30H27Cl2N3O5S/c1-21-3-14-27(15-4-21)41(37,38)35(28-17-25(32)11-16-29(28)39-2)19-30(36)34-33-18-22-7-12-26(13-8-22)40-20-23-5-9-24(31)10-6-23/h3-18H,19-20H2,1-2H3,(H,34,36)/b33-18+. The van der Waals surface area contributed by atoms with Crippen LogP contribution >= 0.6 is 23.2 Å². The molecule has 41 heavy (non-hydrogen) atoms. The van der Waals surface area contributed by atoms with Crippen LogP contribution in [0.3, 0.4) is 0 Å². The molecule has 0 fully saturated rings. The number of carbonyl (C=O) groups excluding carboxylic acids is 1. The zero-order valence-corrected chi connectivity index (χ0v) is 24.6. The Kier molecular flexibility index (Phi) is 9.88. The predicted octanol–water partition coefficient (Wildman–Crippen LogP) is 6.24. The molecule has 11 heteroatoms. The van der Waals surface area contributed by atoms with Crippen LogP contribution in [0.4, 0.5) is 5.69 Å². The van der Waals surface area contributed by atoms with Gasteiger partial charge in [0.2, 0.25) is 0 Å². The molecule has 1 N–H and O–H groups in total. The minimum atomic E-state index is -4.16. The minimum absolute atomic E-state index is 0.0137. The average Bonchev–Trinajstić information content (AvgIpc) is 2.96. The van der Waals surface area contributed by atoms with Crippen molar-refractivity contribution in [1.29, 1.82) is 0 Å². The summed E-state index contributed by atoms with van der Waals surface area (Å²) in [5.41, 5.74) is 5.08. The number of carbonyl (C=O) groups is 1. The maximum absolute atomic E-state index is 13.6. The second-order valence-corrected chi connectivity index (χ2v) is 11.7. The number of hydrogen-bond acceptors (Lipinski definition) is 6. The summed E-state index contributed by atoms with van der Waals surface area (Å²) in [6.07, 6.45) is 1.44. The van der Waals surface area contributed by atoms with E-state index >= 15 is 0 Å². The Balaban J connectivity index is 1.45. The molecular weight excluding hydrogens is 585 g/mol. The second-order valence-electron chi connectivity index (χ2n) is 8.92. The number of benzene rings is 4. The number of anilines is 1. The summed E-state index contributed by atoms with van der Waals surface area (Å²) in [4.78, 5) is 12.9. The lowest BCUT2D eigenvalue weighted by Crippen LogP contribution is -2.39. The number of ether oxygens (including phenoxy) is 2. The first kappa shape index (κ1) is 29.9. The Morgan fingerprint density at radius 1 is 0.927 bits per heavy atom. The highest BCUT2D eigenvalue weighted by Gasteiger charge is 2.29. The van der Waals surface area contributed by atoms with Crippen LogP contribution in [0.15, 0.2) is 101 Å². The quantitative estimate of drug-likeness (QED) is 0.160. The van der Waals surface area contributed by atoms with Gasteiger partial charge in [-0.3, -0.25) is 9.10 Å². The number of nitrogens with zero attached hydrogens (tertiary/aromatic N) is 2. The Morgan fingerprint density at radius 3 is 2.24 bits per heavy atom. The minimum Gasteiger partial charge on any atom is -0.495 e. The van der Waals surface area contributed by atoms with Gasteiger partial charge >= 0.3 is 0 Å². The first-order valence-corrected chi connectivity index (χ1v) is 14.6. The summed E-state index contributed by atoms with van der Waals surface area (Å²) >= 11 is 12.1. The van der Waals surface area contributed by atoms with Gasteiger partial charge in [0.05, 0.1) is 23.9 Å². The summed E-state index contributed by atoms with van der Waals surface area (Å²) in [7, 11) is -2.76.